The second-order valence-electron chi connectivity index (χ2n) is 4.03. The Kier molecular flexibility index (Phi) is 4.24. The Morgan fingerprint density at radius 3 is 2.45 bits per heavy atom. The summed E-state index contributed by atoms with van der Waals surface area (Å²) in [6.07, 6.45) is 0. The van der Waals surface area contributed by atoms with Gasteiger partial charge in [0.1, 0.15) is 23.2 Å². The predicted octanol–water partition coefficient (Wildman–Crippen LogP) is 3.32. The topological polar surface area (TPSA) is 35.2 Å². The highest BCUT2D eigenvalue weighted by atomic mass is 32.1. The average Bonchev–Trinajstić information content (AvgIpc) is 2.41. The highest BCUT2D eigenvalue weighted by Crippen LogP contribution is 2.18. The van der Waals surface area contributed by atoms with Gasteiger partial charge in [0.2, 0.25) is 0 Å². The van der Waals surface area contributed by atoms with E-state index in [1.165, 1.54) is 24.3 Å². The zero-order chi connectivity index (χ0) is 14.7. The van der Waals surface area contributed by atoms with Crippen molar-refractivity contribution < 1.29 is 17.9 Å². The molecule has 0 bridgehead atoms. The van der Waals surface area contributed by atoms with Gasteiger partial charge in [0.15, 0.2) is 11.6 Å². The minimum absolute atomic E-state index is 0.0119. The van der Waals surface area contributed by atoms with Crippen LogP contribution in [0.2, 0.25) is 0 Å². The van der Waals surface area contributed by atoms with Gasteiger partial charge < -0.3 is 10.5 Å². The van der Waals surface area contributed by atoms with Crippen molar-refractivity contribution in [3.8, 4) is 5.75 Å². The van der Waals surface area contributed by atoms with Crippen LogP contribution in [0.4, 0.5) is 13.2 Å². The summed E-state index contributed by atoms with van der Waals surface area (Å²) in [5.41, 5.74) is 6.40. The van der Waals surface area contributed by atoms with Crippen LogP contribution < -0.4 is 10.5 Å². The molecule has 0 amide bonds. The zero-order valence-electron chi connectivity index (χ0n) is 10.2. The third-order valence-corrected chi connectivity index (χ3v) is 2.84. The van der Waals surface area contributed by atoms with Gasteiger partial charge in [0.25, 0.3) is 0 Å². The molecule has 0 aliphatic rings. The minimum Gasteiger partial charge on any atom is -0.489 e. The first-order chi connectivity index (χ1) is 9.47. The first kappa shape index (κ1) is 14.3. The van der Waals surface area contributed by atoms with Crippen LogP contribution in [0.3, 0.4) is 0 Å². The van der Waals surface area contributed by atoms with Gasteiger partial charge >= 0.3 is 0 Å². The molecule has 2 nitrogen and oxygen atoms in total. The lowest BCUT2D eigenvalue weighted by atomic mass is 10.1. The van der Waals surface area contributed by atoms with Crippen molar-refractivity contribution >= 4 is 17.2 Å². The van der Waals surface area contributed by atoms with E-state index in [2.05, 4.69) is 0 Å². The molecule has 2 aromatic rings. The van der Waals surface area contributed by atoms with Gasteiger partial charge in [-0.25, -0.2) is 13.2 Å². The van der Waals surface area contributed by atoms with Crippen LogP contribution in [-0.4, -0.2) is 4.99 Å². The van der Waals surface area contributed by atoms with Crippen molar-refractivity contribution in [1.29, 1.82) is 0 Å². The zero-order valence-corrected chi connectivity index (χ0v) is 11.0. The van der Waals surface area contributed by atoms with Crippen molar-refractivity contribution in [3.05, 3.63) is 65.0 Å². The smallest absolute Gasteiger partial charge is 0.162 e. The summed E-state index contributed by atoms with van der Waals surface area (Å²) in [6, 6.07) is 7.10. The van der Waals surface area contributed by atoms with E-state index >= 15 is 0 Å². The third-order valence-electron chi connectivity index (χ3n) is 2.62. The Morgan fingerprint density at radius 1 is 1.05 bits per heavy atom. The number of thiocarbonyl (C=S) groups is 1. The standard InChI is InChI=1S/C14H10F3NOS/c15-9-2-1-8(11(5-9)14(18)20)7-19-10-3-4-12(16)13(17)6-10/h1-6H,7H2,(H2,18,20). The molecule has 0 saturated heterocycles. The maximum absolute atomic E-state index is 13.1. The van der Waals surface area contributed by atoms with Crippen molar-refractivity contribution in [2.45, 2.75) is 6.61 Å². The molecule has 2 aromatic carbocycles. The molecule has 0 radical (unpaired) electrons. The lowest BCUT2D eigenvalue weighted by molar-refractivity contribution is 0.303. The number of hydrogen-bond acceptors (Lipinski definition) is 2. The quantitative estimate of drug-likeness (QED) is 0.879. The predicted molar refractivity (Wildman–Crippen MR) is 73.0 cm³/mol. The molecule has 0 aliphatic carbocycles. The number of nitrogens with two attached hydrogens (primary N) is 1. The summed E-state index contributed by atoms with van der Waals surface area (Å²) in [6.45, 7) is 0.0119. The summed E-state index contributed by atoms with van der Waals surface area (Å²) in [5, 5.41) is 0. The minimum atomic E-state index is -1.00. The van der Waals surface area contributed by atoms with Crippen molar-refractivity contribution in [1.82, 2.24) is 0 Å². The molecule has 0 heterocycles. The number of benzene rings is 2. The molecule has 0 unspecified atom stereocenters. The molecule has 0 spiro atoms. The highest BCUT2D eigenvalue weighted by molar-refractivity contribution is 7.80. The first-order valence-electron chi connectivity index (χ1n) is 5.63. The van der Waals surface area contributed by atoms with Gasteiger partial charge in [-0.05, 0) is 29.8 Å². The number of rotatable bonds is 4. The van der Waals surface area contributed by atoms with Gasteiger partial charge in [-0.3, -0.25) is 0 Å². The number of hydrogen-bond donors (Lipinski definition) is 1. The molecule has 0 aromatic heterocycles. The monoisotopic (exact) mass is 297 g/mol. The van der Waals surface area contributed by atoms with E-state index in [4.69, 9.17) is 22.7 Å². The van der Waals surface area contributed by atoms with Gasteiger partial charge in [-0.2, -0.15) is 0 Å². The van der Waals surface area contributed by atoms with E-state index in [9.17, 15) is 13.2 Å². The molecule has 0 fully saturated rings. The summed E-state index contributed by atoms with van der Waals surface area (Å²) >= 11 is 4.82. The Hall–Kier alpha value is -2.08. The van der Waals surface area contributed by atoms with E-state index in [1.807, 2.05) is 0 Å². The van der Waals surface area contributed by atoms with E-state index in [1.54, 1.807) is 0 Å². The molecular weight excluding hydrogens is 287 g/mol. The molecule has 6 heteroatoms. The number of ether oxygens (including phenoxy) is 1. The molecule has 0 atom stereocenters. The van der Waals surface area contributed by atoms with Crippen LogP contribution in [0.1, 0.15) is 11.1 Å². The summed E-state index contributed by atoms with van der Waals surface area (Å²) in [7, 11) is 0. The largest absolute Gasteiger partial charge is 0.489 e. The second kappa shape index (κ2) is 5.92. The van der Waals surface area contributed by atoms with Crippen LogP contribution in [-0.2, 0) is 6.61 Å². The molecule has 2 N–H and O–H groups in total. The van der Waals surface area contributed by atoms with Crippen LogP contribution in [0.5, 0.6) is 5.75 Å². The molecule has 20 heavy (non-hydrogen) atoms. The first-order valence-corrected chi connectivity index (χ1v) is 6.04. The van der Waals surface area contributed by atoms with Crippen LogP contribution >= 0.6 is 12.2 Å². The Morgan fingerprint density at radius 2 is 1.80 bits per heavy atom. The van der Waals surface area contributed by atoms with Gasteiger partial charge in [0.05, 0.1) is 0 Å². The Labute approximate surface area is 119 Å². The van der Waals surface area contributed by atoms with Gasteiger partial charge in [-0.15, -0.1) is 0 Å². The normalized spacial score (nSPS) is 10.3. The molecule has 2 rings (SSSR count). The van der Waals surface area contributed by atoms with Crippen molar-refractivity contribution in [3.63, 3.8) is 0 Å². The van der Waals surface area contributed by atoms with Crippen LogP contribution in [0, 0.1) is 17.5 Å². The fourth-order valence-electron chi connectivity index (χ4n) is 1.63. The maximum Gasteiger partial charge on any atom is 0.162 e. The third kappa shape index (κ3) is 3.27. The van der Waals surface area contributed by atoms with Crippen LogP contribution in [0.15, 0.2) is 36.4 Å². The molecule has 0 aliphatic heterocycles. The Balaban J connectivity index is 2.18. The van der Waals surface area contributed by atoms with E-state index < -0.39 is 17.5 Å². The van der Waals surface area contributed by atoms with Gasteiger partial charge in [-0.1, -0.05) is 18.3 Å². The van der Waals surface area contributed by atoms with E-state index in [-0.39, 0.29) is 17.3 Å². The summed E-state index contributed by atoms with van der Waals surface area (Å²) in [4.78, 5) is 0.0355. The fourth-order valence-corrected chi connectivity index (χ4v) is 1.82. The molecule has 104 valence electrons. The lowest BCUT2D eigenvalue weighted by Crippen LogP contribution is -2.14. The van der Waals surface area contributed by atoms with E-state index in [0.29, 0.717) is 11.1 Å². The lowest BCUT2D eigenvalue weighted by Gasteiger charge is -2.10. The summed E-state index contributed by atoms with van der Waals surface area (Å²) in [5.74, 6) is -2.27. The van der Waals surface area contributed by atoms with Crippen molar-refractivity contribution in [2.75, 3.05) is 0 Å². The maximum atomic E-state index is 13.1. The SMILES string of the molecule is NC(=S)c1cc(F)ccc1COc1ccc(F)c(F)c1. The van der Waals surface area contributed by atoms with E-state index in [0.717, 1.165) is 12.1 Å². The summed E-state index contributed by atoms with van der Waals surface area (Å²) < 4.78 is 44.2. The van der Waals surface area contributed by atoms with Crippen LogP contribution in [0.25, 0.3) is 0 Å². The average molecular weight is 297 g/mol. The van der Waals surface area contributed by atoms with Crippen molar-refractivity contribution in [2.24, 2.45) is 5.73 Å². The Bertz CT molecular complexity index is 661. The molecular formula is C14H10F3NOS. The fraction of sp³-hybridized carbons (Fsp3) is 0.0714. The second-order valence-corrected chi connectivity index (χ2v) is 4.47. The highest BCUT2D eigenvalue weighted by Gasteiger charge is 2.09. The number of halogens is 3. The molecule has 0 saturated carbocycles. The van der Waals surface area contributed by atoms with Gasteiger partial charge in [0, 0.05) is 11.6 Å².